The number of aromatic nitrogens is 7. The number of amides is 1. The first-order valence-electron chi connectivity index (χ1n) is 9.96. The van der Waals surface area contributed by atoms with Gasteiger partial charge in [-0.1, -0.05) is 23.5 Å². The molecule has 4 aromatic heterocycles. The van der Waals surface area contributed by atoms with Crippen LogP contribution in [0.3, 0.4) is 0 Å². The largest absolute Gasteiger partial charge is 0.350 e. The van der Waals surface area contributed by atoms with Crippen molar-refractivity contribution in [1.82, 2.24) is 35.6 Å². The Labute approximate surface area is 190 Å². The molecule has 0 saturated heterocycles. The molecule has 33 heavy (non-hydrogen) atoms. The molecule has 4 heterocycles. The molecule has 1 amide bonds. The Morgan fingerprint density at radius 1 is 0.879 bits per heavy atom. The van der Waals surface area contributed by atoms with E-state index in [-0.39, 0.29) is 5.91 Å². The molecule has 0 aliphatic carbocycles. The second kappa shape index (κ2) is 7.80. The van der Waals surface area contributed by atoms with Gasteiger partial charge in [0, 0.05) is 27.5 Å². The highest BCUT2D eigenvalue weighted by molar-refractivity contribution is 7.18. The Bertz CT molecular complexity index is 1600. The summed E-state index contributed by atoms with van der Waals surface area (Å²) in [4.78, 5) is 15.7. The molecule has 11 heteroatoms. The molecule has 0 fully saturated rings. The molecule has 6 rings (SSSR count). The topological polar surface area (TPSA) is 137 Å². The van der Waals surface area contributed by atoms with Gasteiger partial charge in [0.05, 0.1) is 29.8 Å². The van der Waals surface area contributed by atoms with Crippen LogP contribution in [0.15, 0.2) is 67.1 Å². The molecule has 4 N–H and O–H groups in total. The summed E-state index contributed by atoms with van der Waals surface area (Å²) in [6.07, 6.45) is 4.79. The minimum absolute atomic E-state index is 0.252. The molecule has 0 aliphatic heterocycles. The van der Waals surface area contributed by atoms with Gasteiger partial charge >= 0.3 is 0 Å². The van der Waals surface area contributed by atoms with Crippen molar-refractivity contribution >= 4 is 55.6 Å². The summed E-state index contributed by atoms with van der Waals surface area (Å²) in [6, 6.07) is 15.3. The van der Waals surface area contributed by atoms with Gasteiger partial charge in [0.2, 0.25) is 5.13 Å². The van der Waals surface area contributed by atoms with E-state index in [1.807, 2.05) is 42.5 Å². The number of hydrogen-bond acceptors (Lipinski definition) is 8. The molecule has 0 aliphatic rings. The van der Waals surface area contributed by atoms with Gasteiger partial charge in [-0.3, -0.25) is 9.89 Å². The summed E-state index contributed by atoms with van der Waals surface area (Å²) >= 11 is 1.45. The Balaban J connectivity index is 1.22. The maximum atomic E-state index is 12.6. The molecule has 0 bridgehead atoms. The summed E-state index contributed by atoms with van der Waals surface area (Å²) < 4.78 is 0. The lowest BCUT2D eigenvalue weighted by Gasteiger charge is -2.01. The number of carbonyl (C=O) groups excluding carboxylic acids is 1. The number of anilines is 3. The van der Waals surface area contributed by atoms with Gasteiger partial charge in [-0.2, -0.15) is 15.3 Å². The third-order valence-electron chi connectivity index (χ3n) is 5.07. The molecule has 6 aromatic rings. The zero-order valence-electron chi connectivity index (χ0n) is 16.9. The van der Waals surface area contributed by atoms with Gasteiger partial charge in [-0.25, -0.2) is 0 Å². The summed E-state index contributed by atoms with van der Waals surface area (Å²) in [5.74, 6) is -0.252. The highest BCUT2D eigenvalue weighted by Gasteiger charge is 2.13. The van der Waals surface area contributed by atoms with E-state index < -0.39 is 0 Å². The van der Waals surface area contributed by atoms with Crippen molar-refractivity contribution in [2.45, 2.75) is 0 Å². The monoisotopic (exact) mass is 453 g/mol. The van der Waals surface area contributed by atoms with E-state index in [0.717, 1.165) is 38.1 Å². The third kappa shape index (κ3) is 3.77. The molecule has 0 atom stereocenters. The van der Waals surface area contributed by atoms with Crippen molar-refractivity contribution in [2.24, 2.45) is 0 Å². The fraction of sp³-hybridized carbons (Fsp3) is 0. The van der Waals surface area contributed by atoms with Gasteiger partial charge in [0.15, 0.2) is 0 Å². The first-order chi connectivity index (χ1) is 16.2. The van der Waals surface area contributed by atoms with Crippen LogP contribution < -0.4 is 10.6 Å². The molecule has 160 valence electrons. The number of rotatable bonds is 5. The van der Waals surface area contributed by atoms with Crippen LogP contribution in [0.4, 0.5) is 16.5 Å². The van der Waals surface area contributed by atoms with Gasteiger partial charge < -0.3 is 15.6 Å². The van der Waals surface area contributed by atoms with Crippen LogP contribution in [0, 0.1) is 0 Å². The number of fused-ring (bicyclic) bond motifs is 2. The van der Waals surface area contributed by atoms with Crippen LogP contribution >= 0.6 is 11.3 Å². The molecule has 10 nitrogen and oxygen atoms in total. The lowest BCUT2D eigenvalue weighted by atomic mass is 10.2. The van der Waals surface area contributed by atoms with Crippen LogP contribution in [0.2, 0.25) is 0 Å². The fourth-order valence-corrected chi connectivity index (χ4v) is 4.24. The van der Waals surface area contributed by atoms with Crippen LogP contribution in [0.1, 0.15) is 10.5 Å². The standard InChI is InChI=1S/C22H15N9OS/c32-20(26-16-5-6-23-24-11-16)19-8-12-1-2-13(9-18(12)28-19)21-30-31-22(33-21)27-15-3-4-17-14(7-15)10-25-29-17/h1-11,28H,(H,25,29)(H,27,31)(H,23,26,32). The molecular weight excluding hydrogens is 438 g/mol. The van der Waals surface area contributed by atoms with E-state index in [0.29, 0.717) is 16.5 Å². The van der Waals surface area contributed by atoms with Crippen molar-refractivity contribution in [3.63, 3.8) is 0 Å². The van der Waals surface area contributed by atoms with Gasteiger partial charge in [0.25, 0.3) is 5.91 Å². The van der Waals surface area contributed by atoms with Gasteiger partial charge in [-0.05, 0) is 36.4 Å². The second-order valence-electron chi connectivity index (χ2n) is 7.28. The van der Waals surface area contributed by atoms with Crippen molar-refractivity contribution in [3.8, 4) is 10.6 Å². The van der Waals surface area contributed by atoms with E-state index in [1.54, 1.807) is 12.3 Å². The summed E-state index contributed by atoms with van der Waals surface area (Å²) in [5, 5.41) is 32.5. The summed E-state index contributed by atoms with van der Waals surface area (Å²) in [5.41, 5.74) is 4.66. The van der Waals surface area contributed by atoms with E-state index >= 15 is 0 Å². The minimum Gasteiger partial charge on any atom is -0.350 e. The molecular formula is C22H15N9OS. The van der Waals surface area contributed by atoms with Crippen LogP contribution in [-0.2, 0) is 0 Å². The Kier molecular flexibility index (Phi) is 4.51. The quantitative estimate of drug-likeness (QED) is 0.304. The zero-order chi connectivity index (χ0) is 22.2. The average molecular weight is 453 g/mol. The smallest absolute Gasteiger partial charge is 0.272 e. The number of nitrogens with one attached hydrogen (secondary N) is 4. The molecule has 2 aromatic carbocycles. The average Bonchev–Trinajstić information content (AvgIpc) is 3.58. The van der Waals surface area contributed by atoms with E-state index in [4.69, 9.17) is 0 Å². The molecule has 0 spiro atoms. The highest BCUT2D eigenvalue weighted by atomic mass is 32.1. The number of hydrogen-bond donors (Lipinski definition) is 4. The molecule has 0 saturated carbocycles. The Morgan fingerprint density at radius 2 is 1.85 bits per heavy atom. The maximum absolute atomic E-state index is 12.6. The van der Waals surface area contributed by atoms with Gasteiger partial charge in [0.1, 0.15) is 10.7 Å². The van der Waals surface area contributed by atoms with Gasteiger partial charge in [-0.15, -0.1) is 10.2 Å². The van der Waals surface area contributed by atoms with Crippen LogP contribution in [0.5, 0.6) is 0 Å². The lowest BCUT2D eigenvalue weighted by Crippen LogP contribution is -2.12. The normalized spacial score (nSPS) is 11.2. The van der Waals surface area contributed by atoms with Crippen molar-refractivity contribution in [1.29, 1.82) is 0 Å². The number of nitrogens with zero attached hydrogens (tertiary/aromatic N) is 5. The number of carbonyl (C=O) groups is 1. The number of aromatic amines is 2. The minimum atomic E-state index is -0.252. The predicted octanol–water partition coefficient (Wildman–Crippen LogP) is 4.35. The first-order valence-corrected chi connectivity index (χ1v) is 10.8. The summed E-state index contributed by atoms with van der Waals surface area (Å²) in [6.45, 7) is 0. The van der Waals surface area contributed by atoms with Crippen LogP contribution in [0.25, 0.3) is 32.4 Å². The van der Waals surface area contributed by atoms with Crippen molar-refractivity contribution < 1.29 is 4.79 Å². The Morgan fingerprint density at radius 3 is 2.76 bits per heavy atom. The van der Waals surface area contributed by atoms with Crippen LogP contribution in [-0.4, -0.2) is 41.5 Å². The van der Waals surface area contributed by atoms with E-state index in [9.17, 15) is 4.79 Å². The fourth-order valence-electron chi connectivity index (χ4n) is 3.48. The first kappa shape index (κ1) is 19.1. The number of H-pyrrole nitrogens is 2. The SMILES string of the molecule is O=C(Nc1ccnnc1)c1cc2ccc(-c3nnc(Nc4ccc5[nH]ncc5c4)s3)cc2[nH]1. The third-order valence-corrected chi connectivity index (χ3v) is 5.96. The molecule has 0 radical (unpaired) electrons. The zero-order valence-corrected chi connectivity index (χ0v) is 17.7. The van der Waals surface area contributed by atoms with Crippen molar-refractivity contribution in [2.75, 3.05) is 10.6 Å². The lowest BCUT2D eigenvalue weighted by molar-refractivity contribution is 0.102. The highest BCUT2D eigenvalue weighted by Crippen LogP contribution is 2.31. The Hall–Kier alpha value is -4.64. The summed E-state index contributed by atoms with van der Waals surface area (Å²) in [7, 11) is 0. The van der Waals surface area contributed by atoms with Crippen molar-refractivity contribution in [3.05, 3.63) is 72.8 Å². The van der Waals surface area contributed by atoms with E-state index in [2.05, 4.69) is 46.2 Å². The predicted molar refractivity (Wildman–Crippen MR) is 127 cm³/mol. The van der Waals surface area contributed by atoms with E-state index in [1.165, 1.54) is 23.7 Å². The second-order valence-corrected chi connectivity index (χ2v) is 8.26. The maximum Gasteiger partial charge on any atom is 0.272 e. The molecule has 0 unspecified atom stereocenters. The number of benzene rings is 2.